The summed E-state index contributed by atoms with van der Waals surface area (Å²) in [6.07, 6.45) is 3.63. The second-order valence-corrected chi connectivity index (χ2v) is 8.42. The Morgan fingerprint density at radius 1 is 1.14 bits per heavy atom. The van der Waals surface area contributed by atoms with Crippen molar-refractivity contribution in [2.45, 2.75) is 52.6 Å². The smallest absolute Gasteiger partial charge is 0.379 e. The molecule has 0 N–H and O–H groups in total. The average Bonchev–Trinajstić information content (AvgIpc) is 3.09. The molecule has 0 unspecified atom stereocenters. The normalized spacial score (nSPS) is 11.9. The quantitative estimate of drug-likeness (QED) is 0.184. The number of Topliss-reactive ketones (excluding diaryl/α,β-unsaturated/α-hetero) is 1. The van der Waals surface area contributed by atoms with Crippen LogP contribution in [0.4, 0.5) is 0 Å². The van der Waals surface area contributed by atoms with Crippen molar-refractivity contribution in [2.24, 2.45) is 5.41 Å². The summed E-state index contributed by atoms with van der Waals surface area (Å²) in [6.45, 7) is 9.14. The topological polar surface area (TPSA) is 66.8 Å². The van der Waals surface area contributed by atoms with Crippen molar-refractivity contribution in [2.75, 3.05) is 7.11 Å². The largest absolute Gasteiger partial charge is 0.463 e. The molecule has 150 valence electrons. The molecule has 0 amide bonds. The van der Waals surface area contributed by atoms with Gasteiger partial charge in [-0.1, -0.05) is 26.0 Å². The van der Waals surface area contributed by atoms with Crippen LogP contribution in [0.5, 0.6) is 0 Å². The first kappa shape index (κ1) is 22.5. The Hall–Kier alpha value is -1.75. The summed E-state index contributed by atoms with van der Waals surface area (Å²) in [5.41, 5.74) is 1.21. The van der Waals surface area contributed by atoms with Crippen LogP contribution in [0.15, 0.2) is 30.5 Å². The van der Waals surface area contributed by atoms with Gasteiger partial charge in [-0.2, -0.15) is 0 Å². The molecule has 1 aromatic carbocycles. The minimum absolute atomic E-state index is 0.0962. The van der Waals surface area contributed by atoms with E-state index in [4.69, 9.17) is 8.85 Å². The van der Waals surface area contributed by atoms with E-state index in [1.54, 1.807) is 12.1 Å². The number of methoxy groups -OCH3 is 1. The molecule has 0 aliphatic carbocycles. The molecule has 1 aromatic heterocycles. The van der Waals surface area contributed by atoms with Gasteiger partial charge >= 0.3 is 5.97 Å². The van der Waals surface area contributed by atoms with E-state index in [1.165, 1.54) is 7.11 Å². The van der Waals surface area contributed by atoms with Crippen LogP contribution in [0, 0.1) is 5.41 Å². The lowest BCUT2D eigenvalue weighted by molar-refractivity contribution is -0.135. The number of fused-ring (bicyclic) bond motifs is 1. The molecule has 28 heavy (non-hydrogen) atoms. The first-order valence-corrected chi connectivity index (χ1v) is 12.0. The molecule has 6 nitrogen and oxygen atoms in total. The average molecular weight is 418 g/mol. The number of carbonyl (C=O) groups is 2. The highest BCUT2D eigenvalue weighted by atomic mass is 28.2. The van der Waals surface area contributed by atoms with E-state index in [2.05, 4.69) is 23.2 Å². The van der Waals surface area contributed by atoms with E-state index in [-0.39, 0.29) is 11.7 Å². The van der Waals surface area contributed by atoms with E-state index >= 15 is 0 Å². The van der Waals surface area contributed by atoms with Gasteiger partial charge in [0.2, 0.25) is 19.5 Å². The maximum absolute atomic E-state index is 12.2. The van der Waals surface area contributed by atoms with Gasteiger partial charge in [0.1, 0.15) is 6.29 Å². The lowest BCUT2D eigenvalue weighted by atomic mass is 9.87. The number of benzene rings is 1. The number of nitrogens with zero attached hydrogens (tertiary/aromatic N) is 1. The van der Waals surface area contributed by atoms with Crippen molar-refractivity contribution in [1.82, 2.24) is 4.57 Å². The maximum atomic E-state index is 12.2. The number of ketones is 1. The summed E-state index contributed by atoms with van der Waals surface area (Å²) in [5.74, 6) is -1.47. The summed E-state index contributed by atoms with van der Waals surface area (Å²) in [4.78, 5) is 23.8. The number of rotatable bonds is 11. The van der Waals surface area contributed by atoms with Crippen LogP contribution >= 0.6 is 0 Å². The third-order valence-corrected chi connectivity index (χ3v) is 5.64. The predicted octanol–water partition coefficient (Wildman–Crippen LogP) is 3.50. The zero-order valence-corrected chi connectivity index (χ0v) is 19.1. The molecule has 1 heterocycles. The Balaban J connectivity index is 2.11. The minimum Gasteiger partial charge on any atom is -0.463 e. The van der Waals surface area contributed by atoms with Crippen molar-refractivity contribution < 1.29 is 23.2 Å². The Morgan fingerprint density at radius 2 is 1.82 bits per heavy atom. The highest BCUT2D eigenvalue weighted by molar-refractivity contribution is 6.42. The monoisotopic (exact) mass is 417 g/mol. The fourth-order valence-electron chi connectivity index (χ4n) is 3.20. The molecule has 0 aliphatic rings. The van der Waals surface area contributed by atoms with E-state index in [9.17, 15) is 9.59 Å². The van der Waals surface area contributed by atoms with Gasteiger partial charge in [0, 0.05) is 34.6 Å². The fraction of sp³-hybridized carbons (Fsp3) is 0.500. The zero-order chi connectivity index (χ0) is 20.7. The summed E-state index contributed by atoms with van der Waals surface area (Å²) in [7, 11) is 1.99. The number of carbonyl (C=O) groups excluding carboxylic acids is 2. The third kappa shape index (κ3) is 5.19. The summed E-state index contributed by atoms with van der Waals surface area (Å²) < 4.78 is 18.3. The molecule has 8 heteroatoms. The Morgan fingerprint density at radius 3 is 2.43 bits per heavy atom. The van der Waals surface area contributed by atoms with Gasteiger partial charge in [-0.3, -0.25) is 4.79 Å². The van der Waals surface area contributed by atoms with Crippen molar-refractivity contribution in [3.05, 3.63) is 36.0 Å². The second kappa shape index (κ2) is 10.2. The summed E-state index contributed by atoms with van der Waals surface area (Å²) in [5, 5.41) is 0.765. The molecule has 0 saturated carbocycles. The molecule has 2 rings (SSSR count). The molecule has 2 aromatic rings. The molecule has 0 fully saturated rings. The van der Waals surface area contributed by atoms with Gasteiger partial charge in [0.05, 0.1) is 7.11 Å². The zero-order valence-electron chi connectivity index (χ0n) is 17.1. The van der Waals surface area contributed by atoms with Crippen molar-refractivity contribution in [3.63, 3.8) is 0 Å². The predicted molar refractivity (Wildman–Crippen MR) is 110 cm³/mol. The summed E-state index contributed by atoms with van der Waals surface area (Å²) in [6, 6.07) is 7.29. The number of esters is 1. The molecule has 4 radical (unpaired) electrons. The number of hydrogen-bond donors (Lipinski definition) is 0. The van der Waals surface area contributed by atoms with Crippen molar-refractivity contribution in [1.29, 1.82) is 0 Å². The van der Waals surface area contributed by atoms with Crippen LogP contribution in [-0.4, -0.2) is 49.2 Å². The van der Waals surface area contributed by atoms with Crippen LogP contribution in [0.3, 0.4) is 0 Å². The number of aromatic nitrogens is 1. The second-order valence-electron chi connectivity index (χ2n) is 7.14. The van der Waals surface area contributed by atoms with E-state index in [0.717, 1.165) is 30.3 Å². The van der Waals surface area contributed by atoms with E-state index in [1.807, 2.05) is 31.4 Å². The van der Waals surface area contributed by atoms with Crippen molar-refractivity contribution in [3.8, 4) is 0 Å². The molecule has 0 bridgehead atoms. The van der Waals surface area contributed by atoms with Gasteiger partial charge in [-0.05, 0) is 38.1 Å². The standard InChI is InChI=1S/C20H27NO5Si2/c1-20(2,19(25-27-4)26-28-5)11-7-12-21-13-10-14-15(8-6-9-16(14)21)17(22)18(23)24-3/h6,8-10,13,19H,7,11-12H2,1-5H3. The van der Waals surface area contributed by atoms with Gasteiger partial charge in [0.25, 0.3) is 5.78 Å². The van der Waals surface area contributed by atoms with Crippen LogP contribution in [0.2, 0.25) is 13.1 Å². The SMILES string of the molecule is COC(=O)C(=O)c1cccc2c1ccn2CCCC(C)(C)C(O[Si]C)O[Si]C. The Kier molecular flexibility index (Phi) is 8.17. The summed E-state index contributed by atoms with van der Waals surface area (Å²) >= 11 is 0. The molecular formula is C20H27NO5Si2. The molecule has 0 spiro atoms. The molecular weight excluding hydrogens is 390 g/mol. The first-order valence-electron chi connectivity index (χ1n) is 9.21. The van der Waals surface area contributed by atoms with Gasteiger partial charge in [-0.25, -0.2) is 4.79 Å². The minimum atomic E-state index is -0.846. The van der Waals surface area contributed by atoms with Crippen LogP contribution in [0.25, 0.3) is 10.9 Å². The molecule has 0 saturated heterocycles. The molecule has 0 aliphatic heterocycles. The van der Waals surface area contributed by atoms with E-state index < -0.39 is 11.8 Å². The Bertz CT molecular complexity index is 812. The number of aryl methyl sites for hydroxylation is 1. The van der Waals surface area contributed by atoms with Gasteiger partial charge < -0.3 is 18.2 Å². The van der Waals surface area contributed by atoms with Crippen LogP contribution in [0.1, 0.15) is 37.0 Å². The maximum Gasteiger partial charge on any atom is 0.379 e. The highest BCUT2D eigenvalue weighted by Gasteiger charge is 2.30. The van der Waals surface area contributed by atoms with Gasteiger partial charge in [-0.15, -0.1) is 0 Å². The highest BCUT2D eigenvalue weighted by Crippen LogP contribution is 2.30. The van der Waals surface area contributed by atoms with Crippen LogP contribution in [-0.2, 0) is 24.9 Å². The van der Waals surface area contributed by atoms with Gasteiger partial charge in [0.15, 0.2) is 0 Å². The number of hydrogen-bond acceptors (Lipinski definition) is 5. The Labute approximate surface area is 171 Å². The first-order chi connectivity index (χ1) is 13.4. The fourth-order valence-corrected chi connectivity index (χ4v) is 4.46. The van der Waals surface area contributed by atoms with E-state index in [0.29, 0.717) is 25.1 Å². The van der Waals surface area contributed by atoms with Crippen LogP contribution < -0.4 is 0 Å². The lowest BCUT2D eigenvalue weighted by Gasteiger charge is -2.34. The number of ether oxygens (including phenoxy) is 1. The molecule has 0 atom stereocenters. The van der Waals surface area contributed by atoms with Crippen molar-refractivity contribution >= 4 is 42.2 Å². The third-order valence-electron chi connectivity index (χ3n) is 4.74. The lowest BCUT2D eigenvalue weighted by Crippen LogP contribution is -2.36.